The highest BCUT2D eigenvalue weighted by atomic mass is 16.2. The van der Waals surface area contributed by atoms with E-state index in [0.717, 1.165) is 22.0 Å². The molecule has 2 amide bonds. The van der Waals surface area contributed by atoms with E-state index >= 15 is 0 Å². The van der Waals surface area contributed by atoms with Crippen molar-refractivity contribution in [1.82, 2.24) is 15.6 Å². The SMILES string of the molecule is O=C1N[C@H](Cc2c[nH]c3ccccc23)C(=O)N[C@H]1Cc1ccccc1. The first-order valence-corrected chi connectivity index (χ1v) is 8.40. The molecule has 1 aliphatic rings. The summed E-state index contributed by atoms with van der Waals surface area (Å²) in [5, 5.41) is 6.82. The van der Waals surface area contributed by atoms with Crippen LogP contribution in [0, 0.1) is 0 Å². The number of amides is 2. The summed E-state index contributed by atoms with van der Waals surface area (Å²) in [6.07, 6.45) is 2.87. The van der Waals surface area contributed by atoms with Crippen molar-refractivity contribution in [2.45, 2.75) is 24.9 Å². The van der Waals surface area contributed by atoms with Crippen LogP contribution in [0.2, 0.25) is 0 Å². The standard InChI is InChI=1S/C20H19N3O2/c24-19-17(10-13-6-2-1-3-7-13)22-20(25)18(23-19)11-14-12-21-16-9-5-4-8-15(14)16/h1-9,12,17-18,21H,10-11H2,(H,22,25)(H,23,24)/t17-,18+/m0/s1. The number of hydrogen-bond donors (Lipinski definition) is 3. The van der Waals surface area contributed by atoms with Gasteiger partial charge in [0.2, 0.25) is 11.8 Å². The van der Waals surface area contributed by atoms with E-state index in [1.165, 1.54) is 0 Å². The quantitative estimate of drug-likeness (QED) is 0.682. The number of carbonyl (C=O) groups is 2. The van der Waals surface area contributed by atoms with Gasteiger partial charge in [0.05, 0.1) is 0 Å². The second-order valence-corrected chi connectivity index (χ2v) is 6.38. The largest absolute Gasteiger partial charge is 0.361 e. The molecular formula is C20H19N3O2. The summed E-state index contributed by atoms with van der Waals surface area (Å²) < 4.78 is 0. The summed E-state index contributed by atoms with van der Waals surface area (Å²) in [4.78, 5) is 28.1. The maximum Gasteiger partial charge on any atom is 0.243 e. The van der Waals surface area contributed by atoms with E-state index in [2.05, 4.69) is 15.6 Å². The molecule has 0 unspecified atom stereocenters. The van der Waals surface area contributed by atoms with Gasteiger partial charge in [0.15, 0.2) is 0 Å². The number of rotatable bonds is 4. The second-order valence-electron chi connectivity index (χ2n) is 6.38. The molecular weight excluding hydrogens is 314 g/mol. The maximum absolute atomic E-state index is 12.5. The van der Waals surface area contributed by atoms with E-state index in [1.54, 1.807) is 0 Å². The van der Waals surface area contributed by atoms with Crippen molar-refractivity contribution in [2.75, 3.05) is 0 Å². The lowest BCUT2D eigenvalue weighted by Gasteiger charge is -2.29. The molecule has 25 heavy (non-hydrogen) atoms. The van der Waals surface area contributed by atoms with Gasteiger partial charge in [-0.15, -0.1) is 0 Å². The van der Waals surface area contributed by atoms with Crippen LogP contribution in [-0.2, 0) is 22.4 Å². The van der Waals surface area contributed by atoms with Crippen LogP contribution in [-0.4, -0.2) is 28.9 Å². The average Bonchev–Trinajstić information content (AvgIpc) is 3.03. The molecule has 4 rings (SSSR count). The summed E-state index contributed by atoms with van der Waals surface area (Å²) in [5.74, 6) is -0.265. The molecule has 1 aliphatic heterocycles. The first-order valence-electron chi connectivity index (χ1n) is 8.40. The Balaban J connectivity index is 1.47. The molecule has 0 saturated carbocycles. The lowest BCUT2D eigenvalue weighted by Crippen LogP contribution is -2.62. The number of H-pyrrole nitrogens is 1. The monoisotopic (exact) mass is 333 g/mol. The highest BCUT2D eigenvalue weighted by Crippen LogP contribution is 2.20. The average molecular weight is 333 g/mol. The van der Waals surface area contributed by atoms with Crippen LogP contribution in [0.1, 0.15) is 11.1 Å². The molecule has 1 aromatic heterocycles. The van der Waals surface area contributed by atoms with Crippen molar-refractivity contribution in [2.24, 2.45) is 0 Å². The second kappa shape index (κ2) is 6.43. The van der Waals surface area contributed by atoms with Gasteiger partial charge in [-0.05, 0) is 17.2 Å². The molecule has 0 bridgehead atoms. The summed E-state index contributed by atoms with van der Waals surface area (Å²) >= 11 is 0. The smallest absolute Gasteiger partial charge is 0.243 e. The Morgan fingerprint density at radius 1 is 0.760 bits per heavy atom. The molecule has 126 valence electrons. The Morgan fingerprint density at radius 3 is 2.16 bits per heavy atom. The zero-order chi connectivity index (χ0) is 17.2. The van der Waals surface area contributed by atoms with Crippen molar-refractivity contribution < 1.29 is 9.59 Å². The summed E-state index contributed by atoms with van der Waals surface area (Å²) in [7, 11) is 0. The fraction of sp³-hybridized carbons (Fsp3) is 0.200. The molecule has 3 N–H and O–H groups in total. The van der Waals surface area contributed by atoms with Crippen molar-refractivity contribution in [1.29, 1.82) is 0 Å². The molecule has 3 aromatic rings. The number of nitrogens with one attached hydrogen (secondary N) is 3. The van der Waals surface area contributed by atoms with Crippen LogP contribution >= 0.6 is 0 Å². The van der Waals surface area contributed by atoms with Crippen molar-refractivity contribution >= 4 is 22.7 Å². The third-order valence-corrected chi connectivity index (χ3v) is 4.65. The third-order valence-electron chi connectivity index (χ3n) is 4.65. The van der Waals surface area contributed by atoms with Crippen molar-refractivity contribution in [3.63, 3.8) is 0 Å². The minimum Gasteiger partial charge on any atom is -0.361 e. The molecule has 2 aromatic carbocycles. The number of piperazine rings is 1. The minimum atomic E-state index is -0.543. The van der Waals surface area contributed by atoms with Gasteiger partial charge >= 0.3 is 0 Å². The van der Waals surface area contributed by atoms with Crippen LogP contribution in [0.25, 0.3) is 10.9 Å². The van der Waals surface area contributed by atoms with Crippen LogP contribution in [0.15, 0.2) is 60.8 Å². The van der Waals surface area contributed by atoms with Crippen LogP contribution in [0.5, 0.6) is 0 Å². The van der Waals surface area contributed by atoms with Gasteiger partial charge in [0, 0.05) is 29.9 Å². The maximum atomic E-state index is 12.5. The van der Waals surface area contributed by atoms with Gasteiger partial charge in [-0.1, -0.05) is 48.5 Å². The third kappa shape index (κ3) is 3.13. The molecule has 0 aliphatic carbocycles. The molecule has 1 saturated heterocycles. The number of para-hydroxylation sites is 1. The normalized spacial score (nSPS) is 20.3. The Bertz CT molecular complexity index is 917. The van der Waals surface area contributed by atoms with Gasteiger partial charge in [-0.2, -0.15) is 0 Å². The predicted molar refractivity (Wildman–Crippen MR) is 96.0 cm³/mol. The van der Waals surface area contributed by atoms with Gasteiger partial charge in [0.25, 0.3) is 0 Å². The zero-order valence-corrected chi connectivity index (χ0v) is 13.7. The minimum absolute atomic E-state index is 0.131. The predicted octanol–water partition coefficient (Wildman–Crippen LogP) is 1.94. The van der Waals surface area contributed by atoms with E-state index in [0.29, 0.717) is 12.8 Å². The van der Waals surface area contributed by atoms with Crippen LogP contribution in [0.4, 0.5) is 0 Å². The van der Waals surface area contributed by atoms with E-state index in [1.807, 2.05) is 60.8 Å². The number of aromatic amines is 1. The number of hydrogen-bond acceptors (Lipinski definition) is 2. The fourth-order valence-electron chi connectivity index (χ4n) is 3.33. The molecule has 2 atom stereocenters. The Kier molecular flexibility index (Phi) is 3.98. The number of carbonyl (C=O) groups excluding carboxylic acids is 2. The van der Waals surface area contributed by atoms with E-state index < -0.39 is 12.1 Å². The van der Waals surface area contributed by atoms with Crippen molar-refractivity contribution in [3.05, 3.63) is 71.9 Å². The van der Waals surface area contributed by atoms with E-state index in [-0.39, 0.29) is 11.8 Å². The Labute approximate surface area is 145 Å². The van der Waals surface area contributed by atoms with Crippen molar-refractivity contribution in [3.8, 4) is 0 Å². The Morgan fingerprint density at radius 2 is 1.40 bits per heavy atom. The summed E-state index contributed by atoms with van der Waals surface area (Å²) in [5.41, 5.74) is 3.08. The summed E-state index contributed by atoms with van der Waals surface area (Å²) in [6, 6.07) is 16.6. The number of aromatic nitrogens is 1. The van der Waals surface area contributed by atoms with Gasteiger partial charge in [-0.25, -0.2) is 0 Å². The van der Waals surface area contributed by atoms with Crippen LogP contribution in [0.3, 0.4) is 0 Å². The summed E-state index contributed by atoms with van der Waals surface area (Å²) in [6.45, 7) is 0. The molecule has 1 fully saturated rings. The van der Waals surface area contributed by atoms with Gasteiger partial charge in [0.1, 0.15) is 12.1 Å². The molecule has 2 heterocycles. The fourth-order valence-corrected chi connectivity index (χ4v) is 3.33. The first kappa shape index (κ1) is 15.4. The van der Waals surface area contributed by atoms with E-state index in [4.69, 9.17) is 0 Å². The first-order chi connectivity index (χ1) is 12.2. The molecule has 5 nitrogen and oxygen atoms in total. The topological polar surface area (TPSA) is 74.0 Å². The number of benzene rings is 2. The van der Waals surface area contributed by atoms with Crippen LogP contribution < -0.4 is 10.6 Å². The highest BCUT2D eigenvalue weighted by molar-refractivity contribution is 5.97. The highest BCUT2D eigenvalue weighted by Gasteiger charge is 2.33. The molecule has 5 heteroatoms. The lowest BCUT2D eigenvalue weighted by atomic mass is 9.98. The lowest BCUT2D eigenvalue weighted by molar-refractivity contribution is -0.136. The molecule has 0 spiro atoms. The number of fused-ring (bicyclic) bond motifs is 1. The van der Waals surface area contributed by atoms with Gasteiger partial charge in [-0.3, -0.25) is 9.59 Å². The molecule has 0 radical (unpaired) electrons. The zero-order valence-electron chi connectivity index (χ0n) is 13.7. The van der Waals surface area contributed by atoms with E-state index in [9.17, 15) is 9.59 Å². The van der Waals surface area contributed by atoms with Gasteiger partial charge < -0.3 is 15.6 Å². The Hall–Kier alpha value is -3.08.